The maximum atomic E-state index is 4.57. The van der Waals surface area contributed by atoms with E-state index < -0.39 is 0 Å². The molecule has 0 N–H and O–H groups in total. The van der Waals surface area contributed by atoms with Crippen molar-refractivity contribution in [2.24, 2.45) is 10.9 Å². The maximum Gasteiger partial charge on any atom is 0.0385 e. The van der Waals surface area contributed by atoms with E-state index in [1.54, 1.807) is 0 Å². The summed E-state index contributed by atoms with van der Waals surface area (Å²) >= 11 is 0. The molecule has 0 aromatic heterocycles. The van der Waals surface area contributed by atoms with Crippen LogP contribution in [0.25, 0.3) is 0 Å². The van der Waals surface area contributed by atoms with Crippen LogP contribution in [0.4, 0.5) is 0 Å². The molecule has 0 atom stereocenters. The molecule has 0 aliphatic carbocycles. The summed E-state index contributed by atoms with van der Waals surface area (Å²) < 4.78 is 0. The minimum Gasteiger partial charge on any atom is -0.298 e. The second-order valence-electron chi connectivity index (χ2n) is 9.78. The van der Waals surface area contributed by atoms with Gasteiger partial charge in [-0.25, -0.2) is 0 Å². The summed E-state index contributed by atoms with van der Waals surface area (Å²) in [6.45, 7) is 8.02. The lowest BCUT2D eigenvalue weighted by Gasteiger charge is -2.05. The zero-order chi connectivity index (χ0) is 21.3. The lowest BCUT2D eigenvalue weighted by Crippen LogP contribution is -1.87. The molecule has 29 heavy (non-hydrogen) atoms. The molecular weight excluding hydrogens is 350 g/mol. The maximum absolute atomic E-state index is 4.57. The summed E-state index contributed by atoms with van der Waals surface area (Å²) in [6, 6.07) is 0. The van der Waals surface area contributed by atoms with Crippen LogP contribution in [0.2, 0.25) is 0 Å². The number of nitrogens with zero attached hydrogens (tertiary/aromatic N) is 1. The van der Waals surface area contributed by atoms with E-state index in [1.807, 2.05) is 0 Å². The van der Waals surface area contributed by atoms with Crippen LogP contribution in [0.1, 0.15) is 162 Å². The molecule has 0 fully saturated rings. The van der Waals surface area contributed by atoms with Crippen LogP contribution in [-0.4, -0.2) is 12.8 Å². The normalized spacial score (nSPS) is 11.9. The van der Waals surface area contributed by atoms with Gasteiger partial charge in [0.05, 0.1) is 0 Å². The van der Waals surface area contributed by atoms with Gasteiger partial charge in [-0.1, -0.05) is 143 Å². The molecule has 0 spiro atoms. The molecule has 0 heterocycles. The summed E-state index contributed by atoms with van der Waals surface area (Å²) in [7, 11) is 0. The van der Waals surface area contributed by atoms with Crippen molar-refractivity contribution in [3.05, 3.63) is 0 Å². The summed E-state index contributed by atoms with van der Waals surface area (Å²) in [4.78, 5) is 4.57. The Bertz CT molecular complexity index is 307. The highest BCUT2D eigenvalue weighted by Gasteiger charge is 1.96. The fraction of sp³-hybridized carbons (Fsp3) is 0.964. The summed E-state index contributed by atoms with van der Waals surface area (Å²) in [5.41, 5.74) is 0. The standard InChI is InChI=1S/C28H57N/c1-4-5-6-7-20-23-26-29-27-24-21-18-16-14-12-10-8-9-11-13-15-17-19-22-25-28(2)3/h27-28H,4-26H2,1-3H3. The molecule has 0 unspecified atom stereocenters. The molecule has 0 aromatic rings. The first kappa shape index (κ1) is 28.7. The first-order chi connectivity index (χ1) is 14.3. The lowest BCUT2D eigenvalue weighted by atomic mass is 10.0. The third-order valence-electron chi connectivity index (χ3n) is 6.13. The van der Waals surface area contributed by atoms with Crippen molar-refractivity contribution < 1.29 is 0 Å². The van der Waals surface area contributed by atoms with Crippen LogP contribution in [0.5, 0.6) is 0 Å². The number of hydrogen-bond acceptors (Lipinski definition) is 1. The molecule has 0 aliphatic rings. The fourth-order valence-corrected chi connectivity index (χ4v) is 4.08. The third kappa shape index (κ3) is 27.7. The van der Waals surface area contributed by atoms with E-state index in [9.17, 15) is 0 Å². The SMILES string of the molecule is CCCCCCCCN=CCCCCCCCCCCCCCCCCC(C)C. The van der Waals surface area contributed by atoms with Gasteiger partial charge in [0.2, 0.25) is 0 Å². The average molecular weight is 408 g/mol. The Balaban J connectivity index is 3.05. The number of unbranched alkanes of at least 4 members (excludes halogenated alkanes) is 19. The van der Waals surface area contributed by atoms with E-state index in [0.29, 0.717) is 0 Å². The molecule has 0 bridgehead atoms. The Kier molecular flexibility index (Phi) is 25.4. The Labute approximate surface area is 185 Å². The number of hydrogen-bond donors (Lipinski definition) is 0. The van der Waals surface area contributed by atoms with Crippen molar-refractivity contribution in [2.45, 2.75) is 162 Å². The Morgan fingerprint density at radius 1 is 0.517 bits per heavy atom. The predicted octanol–water partition coefficient (Wildman–Crippen LogP) is 10.3. The molecule has 1 nitrogen and oxygen atoms in total. The van der Waals surface area contributed by atoms with Crippen LogP contribution in [-0.2, 0) is 0 Å². The number of rotatable bonds is 24. The van der Waals surface area contributed by atoms with Gasteiger partial charge < -0.3 is 0 Å². The van der Waals surface area contributed by atoms with Gasteiger partial charge in [0.15, 0.2) is 0 Å². The first-order valence-corrected chi connectivity index (χ1v) is 13.8. The van der Waals surface area contributed by atoms with Crippen molar-refractivity contribution in [1.82, 2.24) is 0 Å². The fourth-order valence-electron chi connectivity index (χ4n) is 4.08. The molecule has 0 saturated heterocycles. The van der Waals surface area contributed by atoms with Crippen molar-refractivity contribution in [3.8, 4) is 0 Å². The first-order valence-electron chi connectivity index (χ1n) is 13.8. The second-order valence-corrected chi connectivity index (χ2v) is 9.78. The van der Waals surface area contributed by atoms with Crippen molar-refractivity contribution >= 4 is 6.21 Å². The van der Waals surface area contributed by atoms with Crippen molar-refractivity contribution in [1.29, 1.82) is 0 Å². The molecule has 1 heteroatoms. The van der Waals surface area contributed by atoms with E-state index in [1.165, 1.54) is 141 Å². The molecular formula is C28H57N. The highest BCUT2D eigenvalue weighted by Crippen LogP contribution is 2.14. The topological polar surface area (TPSA) is 12.4 Å². The van der Waals surface area contributed by atoms with Gasteiger partial charge in [0.25, 0.3) is 0 Å². The molecule has 0 amide bonds. The molecule has 174 valence electrons. The van der Waals surface area contributed by atoms with E-state index >= 15 is 0 Å². The zero-order valence-electron chi connectivity index (χ0n) is 20.9. The Morgan fingerprint density at radius 3 is 1.41 bits per heavy atom. The van der Waals surface area contributed by atoms with E-state index in [-0.39, 0.29) is 0 Å². The van der Waals surface area contributed by atoms with Gasteiger partial charge in [-0.15, -0.1) is 0 Å². The molecule has 0 aliphatic heterocycles. The van der Waals surface area contributed by atoms with E-state index in [2.05, 4.69) is 32.0 Å². The van der Waals surface area contributed by atoms with E-state index in [0.717, 1.165) is 12.5 Å². The molecule has 0 radical (unpaired) electrons. The smallest absolute Gasteiger partial charge is 0.0385 e. The molecule has 0 rings (SSSR count). The van der Waals surface area contributed by atoms with Gasteiger partial charge in [0, 0.05) is 6.54 Å². The minimum atomic E-state index is 0.892. The Morgan fingerprint density at radius 2 is 0.931 bits per heavy atom. The van der Waals surface area contributed by atoms with Gasteiger partial charge >= 0.3 is 0 Å². The summed E-state index contributed by atoms with van der Waals surface area (Å²) in [5.74, 6) is 0.892. The van der Waals surface area contributed by atoms with Crippen LogP contribution in [0.3, 0.4) is 0 Å². The molecule has 0 saturated carbocycles. The number of aliphatic imine (C=N–C) groups is 1. The highest BCUT2D eigenvalue weighted by molar-refractivity contribution is 5.56. The Hall–Kier alpha value is -0.330. The average Bonchev–Trinajstić information content (AvgIpc) is 2.71. The van der Waals surface area contributed by atoms with Gasteiger partial charge in [-0.05, 0) is 31.4 Å². The molecule has 0 aromatic carbocycles. The van der Waals surface area contributed by atoms with Crippen LogP contribution < -0.4 is 0 Å². The van der Waals surface area contributed by atoms with Crippen LogP contribution in [0, 0.1) is 5.92 Å². The summed E-state index contributed by atoms with van der Waals surface area (Å²) in [5, 5.41) is 0. The van der Waals surface area contributed by atoms with Crippen molar-refractivity contribution in [2.75, 3.05) is 6.54 Å². The van der Waals surface area contributed by atoms with Crippen molar-refractivity contribution in [3.63, 3.8) is 0 Å². The van der Waals surface area contributed by atoms with Crippen LogP contribution >= 0.6 is 0 Å². The predicted molar refractivity (Wildman–Crippen MR) is 135 cm³/mol. The lowest BCUT2D eigenvalue weighted by molar-refractivity contribution is 0.502. The van der Waals surface area contributed by atoms with Gasteiger partial charge in [-0.3, -0.25) is 4.99 Å². The van der Waals surface area contributed by atoms with Gasteiger partial charge in [0.1, 0.15) is 0 Å². The second kappa shape index (κ2) is 25.7. The third-order valence-corrected chi connectivity index (χ3v) is 6.13. The quantitative estimate of drug-likeness (QED) is 0.111. The largest absolute Gasteiger partial charge is 0.298 e. The van der Waals surface area contributed by atoms with E-state index in [4.69, 9.17) is 0 Å². The minimum absolute atomic E-state index is 0.892. The van der Waals surface area contributed by atoms with Gasteiger partial charge in [-0.2, -0.15) is 0 Å². The monoisotopic (exact) mass is 407 g/mol. The highest BCUT2D eigenvalue weighted by atomic mass is 14.7. The van der Waals surface area contributed by atoms with Crippen LogP contribution in [0.15, 0.2) is 4.99 Å². The summed E-state index contributed by atoms with van der Waals surface area (Å²) in [6.07, 6.45) is 33.3. The zero-order valence-corrected chi connectivity index (χ0v) is 20.9.